The molecule has 0 aliphatic rings. The Bertz CT molecular complexity index is 365. The Morgan fingerprint density at radius 2 is 2.00 bits per heavy atom. The number of nitrogens with one attached hydrogen (secondary N) is 1. The number of aromatic nitrogens is 1. The molecule has 1 N–H and O–H groups in total. The lowest BCUT2D eigenvalue weighted by atomic mass is 9.82. The topological polar surface area (TPSA) is 24.9 Å². The van der Waals surface area contributed by atoms with Crippen LogP contribution in [-0.2, 0) is 6.42 Å². The number of aryl methyl sites for hydroxylation is 2. The van der Waals surface area contributed by atoms with Gasteiger partial charge in [-0.05, 0) is 38.1 Å². The maximum atomic E-state index is 4.71. The van der Waals surface area contributed by atoms with Crippen LogP contribution >= 0.6 is 11.3 Å². The number of thiazole rings is 1. The maximum absolute atomic E-state index is 4.71. The molecule has 1 rings (SSSR count). The predicted octanol–water partition coefficient (Wildman–Crippen LogP) is 4.35. The zero-order valence-electron chi connectivity index (χ0n) is 13.5. The van der Waals surface area contributed by atoms with Gasteiger partial charge in [0.25, 0.3) is 0 Å². The Labute approximate surface area is 123 Å². The van der Waals surface area contributed by atoms with Crippen LogP contribution in [0.5, 0.6) is 0 Å². The average molecular weight is 282 g/mol. The standard InChI is InChI=1S/C16H30N2S/c1-7-8-16(6,11-17-10-12(2)3)9-15-18-13(4)14(5)19-15/h12,17H,7-11H2,1-6H3. The monoisotopic (exact) mass is 282 g/mol. The van der Waals surface area contributed by atoms with Gasteiger partial charge < -0.3 is 5.32 Å². The molecule has 110 valence electrons. The lowest BCUT2D eigenvalue weighted by Crippen LogP contribution is -2.35. The Morgan fingerprint density at radius 1 is 1.32 bits per heavy atom. The van der Waals surface area contributed by atoms with Crippen LogP contribution in [0.3, 0.4) is 0 Å². The number of hydrogen-bond donors (Lipinski definition) is 1. The molecular formula is C16H30N2S. The minimum Gasteiger partial charge on any atom is -0.316 e. The van der Waals surface area contributed by atoms with Gasteiger partial charge in [-0.1, -0.05) is 34.1 Å². The van der Waals surface area contributed by atoms with Gasteiger partial charge >= 0.3 is 0 Å². The molecule has 1 aromatic rings. The van der Waals surface area contributed by atoms with Gasteiger partial charge in [0.15, 0.2) is 0 Å². The SMILES string of the molecule is CCCC(C)(CNCC(C)C)Cc1nc(C)c(C)s1. The van der Waals surface area contributed by atoms with Crippen molar-refractivity contribution in [3.05, 3.63) is 15.6 Å². The van der Waals surface area contributed by atoms with Crippen LogP contribution in [0.1, 0.15) is 56.1 Å². The first kappa shape index (κ1) is 16.6. The Balaban J connectivity index is 2.64. The highest BCUT2D eigenvalue weighted by atomic mass is 32.1. The molecule has 0 aliphatic heterocycles. The molecule has 1 atom stereocenters. The summed E-state index contributed by atoms with van der Waals surface area (Å²) in [6.45, 7) is 15.7. The molecule has 1 unspecified atom stereocenters. The first-order valence-corrected chi connectivity index (χ1v) is 8.31. The minimum atomic E-state index is 0.334. The molecule has 1 heterocycles. The molecule has 0 fully saturated rings. The first-order chi connectivity index (χ1) is 8.86. The van der Waals surface area contributed by atoms with Crippen molar-refractivity contribution in [1.82, 2.24) is 10.3 Å². The molecule has 3 heteroatoms. The lowest BCUT2D eigenvalue weighted by Gasteiger charge is -2.29. The lowest BCUT2D eigenvalue weighted by molar-refractivity contribution is 0.270. The van der Waals surface area contributed by atoms with Crippen molar-refractivity contribution in [2.24, 2.45) is 11.3 Å². The van der Waals surface area contributed by atoms with Crippen molar-refractivity contribution >= 4 is 11.3 Å². The smallest absolute Gasteiger partial charge is 0.0936 e. The Hall–Kier alpha value is -0.410. The normalized spacial score (nSPS) is 14.9. The summed E-state index contributed by atoms with van der Waals surface area (Å²) in [6.07, 6.45) is 3.60. The highest BCUT2D eigenvalue weighted by Gasteiger charge is 2.25. The Morgan fingerprint density at radius 3 is 2.47 bits per heavy atom. The second-order valence-corrected chi connectivity index (χ2v) is 7.80. The van der Waals surface area contributed by atoms with Gasteiger partial charge in [0.1, 0.15) is 0 Å². The quantitative estimate of drug-likeness (QED) is 0.766. The summed E-state index contributed by atoms with van der Waals surface area (Å²) in [5, 5.41) is 4.93. The molecule has 0 bridgehead atoms. The fraction of sp³-hybridized carbons (Fsp3) is 0.812. The summed E-state index contributed by atoms with van der Waals surface area (Å²) in [7, 11) is 0. The fourth-order valence-electron chi connectivity index (χ4n) is 2.49. The van der Waals surface area contributed by atoms with E-state index < -0.39 is 0 Å². The average Bonchev–Trinajstić information content (AvgIpc) is 2.56. The van der Waals surface area contributed by atoms with E-state index in [-0.39, 0.29) is 0 Å². The molecule has 19 heavy (non-hydrogen) atoms. The third-order valence-electron chi connectivity index (χ3n) is 3.61. The molecule has 0 spiro atoms. The highest BCUT2D eigenvalue weighted by molar-refractivity contribution is 7.11. The van der Waals surface area contributed by atoms with Crippen molar-refractivity contribution < 1.29 is 0 Å². The summed E-state index contributed by atoms with van der Waals surface area (Å²) in [5.74, 6) is 0.718. The molecule has 0 saturated heterocycles. The number of rotatable bonds is 8. The number of hydrogen-bond acceptors (Lipinski definition) is 3. The molecular weight excluding hydrogens is 252 g/mol. The molecule has 1 aromatic heterocycles. The van der Waals surface area contributed by atoms with Crippen LogP contribution in [-0.4, -0.2) is 18.1 Å². The van der Waals surface area contributed by atoms with Gasteiger partial charge in [-0.25, -0.2) is 4.98 Å². The van der Waals surface area contributed by atoms with Crippen molar-refractivity contribution in [2.45, 2.75) is 60.8 Å². The van der Waals surface area contributed by atoms with Crippen molar-refractivity contribution in [1.29, 1.82) is 0 Å². The molecule has 0 saturated carbocycles. The molecule has 0 amide bonds. The van der Waals surface area contributed by atoms with E-state index in [0.29, 0.717) is 5.41 Å². The summed E-state index contributed by atoms with van der Waals surface area (Å²) >= 11 is 1.87. The van der Waals surface area contributed by atoms with E-state index >= 15 is 0 Å². The molecule has 0 aromatic carbocycles. The third kappa shape index (κ3) is 5.62. The van der Waals surface area contributed by atoms with Crippen molar-refractivity contribution in [3.63, 3.8) is 0 Å². The van der Waals surface area contributed by atoms with E-state index in [4.69, 9.17) is 4.98 Å². The highest BCUT2D eigenvalue weighted by Crippen LogP contribution is 2.30. The summed E-state index contributed by atoms with van der Waals surface area (Å²) in [6, 6.07) is 0. The van der Waals surface area contributed by atoms with Gasteiger partial charge in [0, 0.05) is 17.8 Å². The van der Waals surface area contributed by atoms with Crippen LogP contribution in [0.2, 0.25) is 0 Å². The second-order valence-electron chi connectivity index (χ2n) is 6.51. The predicted molar refractivity (Wildman–Crippen MR) is 86.0 cm³/mol. The minimum absolute atomic E-state index is 0.334. The van der Waals surface area contributed by atoms with Crippen LogP contribution < -0.4 is 5.32 Å². The van der Waals surface area contributed by atoms with Crippen LogP contribution in [0.15, 0.2) is 0 Å². The zero-order chi connectivity index (χ0) is 14.5. The van der Waals surface area contributed by atoms with E-state index in [1.165, 1.54) is 28.4 Å². The van der Waals surface area contributed by atoms with Gasteiger partial charge in [-0.3, -0.25) is 0 Å². The van der Waals surface area contributed by atoms with Crippen molar-refractivity contribution in [3.8, 4) is 0 Å². The van der Waals surface area contributed by atoms with Gasteiger partial charge in [-0.2, -0.15) is 0 Å². The summed E-state index contributed by atoms with van der Waals surface area (Å²) < 4.78 is 0. The van der Waals surface area contributed by atoms with E-state index in [1.54, 1.807) is 0 Å². The van der Waals surface area contributed by atoms with E-state index in [0.717, 1.165) is 25.4 Å². The van der Waals surface area contributed by atoms with Crippen molar-refractivity contribution in [2.75, 3.05) is 13.1 Å². The molecule has 0 radical (unpaired) electrons. The second kappa shape index (κ2) is 7.39. The van der Waals surface area contributed by atoms with Gasteiger partial charge in [-0.15, -0.1) is 11.3 Å². The summed E-state index contributed by atoms with van der Waals surface area (Å²) in [5.41, 5.74) is 1.54. The third-order valence-corrected chi connectivity index (χ3v) is 4.68. The van der Waals surface area contributed by atoms with E-state index in [2.05, 4.69) is 46.9 Å². The summed E-state index contributed by atoms with van der Waals surface area (Å²) in [4.78, 5) is 6.08. The molecule has 0 aliphatic carbocycles. The van der Waals surface area contributed by atoms with E-state index in [9.17, 15) is 0 Å². The van der Waals surface area contributed by atoms with Crippen LogP contribution in [0, 0.1) is 25.2 Å². The maximum Gasteiger partial charge on any atom is 0.0936 e. The zero-order valence-corrected chi connectivity index (χ0v) is 14.3. The van der Waals surface area contributed by atoms with E-state index in [1.807, 2.05) is 11.3 Å². The fourth-order valence-corrected chi connectivity index (χ4v) is 3.64. The van der Waals surface area contributed by atoms with Gasteiger partial charge in [0.05, 0.1) is 10.7 Å². The van der Waals surface area contributed by atoms with Gasteiger partial charge in [0.2, 0.25) is 0 Å². The van der Waals surface area contributed by atoms with Crippen LogP contribution in [0.4, 0.5) is 0 Å². The first-order valence-electron chi connectivity index (χ1n) is 7.50. The van der Waals surface area contributed by atoms with Crippen LogP contribution in [0.25, 0.3) is 0 Å². The molecule has 2 nitrogen and oxygen atoms in total. The number of nitrogens with zero attached hydrogens (tertiary/aromatic N) is 1. The Kier molecular flexibility index (Phi) is 6.48. The largest absolute Gasteiger partial charge is 0.316 e.